The van der Waals surface area contributed by atoms with Crippen LogP contribution in [0.3, 0.4) is 0 Å². The SMILES string of the molecule is CCC1(CCCN2CCN(C(=O)OCc3ccccc3)C(c3ncc(-c4cc5ccccc5nc4OC)[nH]3)C2)OCCO1. The predicted octanol–water partition coefficient (Wildman–Crippen LogP) is 5.56. The van der Waals surface area contributed by atoms with Crippen LogP contribution in [0, 0.1) is 0 Å². The van der Waals surface area contributed by atoms with Gasteiger partial charge >= 0.3 is 6.09 Å². The number of carbonyl (C=O) groups is 1. The highest BCUT2D eigenvalue weighted by Gasteiger charge is 2.37. The van der Waals surface area contributed by atoms with Crippen LogP contribution in [0.15, 0.2) is 66.9 Å². The van der Waals surface area contributed by atoms with Crippen LogP contribution in [0.2, 0.25) is 0 Å². The first kappa shape index (κ1) is 29.1. The van der Waals surface area contributed by atoms with E-state index in [1.165, 1.54) is 0 Å². The molecular formula is C33H39N5O5. The van der Waals surface area contributed by atoms with Crippen molar-refractivity contribution in [3.05, 3.63) is 78.2 Å². The van der Waals surface area contributed by atoms with Crippen LogP contribution in [0.25, 0.3) is 22.2 Å². The summed E-state index contributed by atoms with van der Waals surface area (Å²) in [5, 5.41) is 1.00. The molecule has 0 spiro atoms. The van der Waals surface area contributed by atoms with Crippen LogP contribution in [0.1, 0.15) is 43.6 Å². The number of ether oxygens (including phenoxy) is 4. The second kappa shape index (κ2) is 13.1. The molecule has 1 amide bonds. The van der Waals surface area contributed by atoms with Gasteiger partial charge in [-0.05, 0) is 37.1 Å². The molecule has 2 aliphatic heterocycles. The number of carbonyl (C=O) groups excluding carboxylic acids is 1. The molecule has 2 aromatic carbocycles. The molecule has 0 aliphatic carbocycles. The topological polar surface area (TPSA) is 102 Å². The van der Waals surface area contributed by atoms with Crippen molar-refractivity contribution in [1.29, 1.82) is 0 Å². The van der Waals surface area contributed by atoms with Crippen LogP contribution in [0.4, 0.5) is 4.79 Å². The molecule has 0 bridgehead atoms. The molecule has 1 atom stereocenters. The van der Waals surface area contributed by atoms with Crippen molar-refractivity contribution in [1.82, 2.24) is 24.8 Å². The van der Waals surface area contributed by atoms with E-state index in [1.807, 2.05) is 60.7 Å². The number of imidazole rings is 1. The summed E-state index contributed by atoms with van der Waals surface area (Å²) in [5.41, 5.74) is 3.40. The zero-order valence-corrected chi connectivity index (χ0v) is 24.8. The molecule has 0 saturated carbocycles. The number of aromatic amines is 1. The van der Waals surface area contributed by atoms with Gasteiger partial charge in [0, 0.05) is 31.4 Å². The zero-order chi connectivity index (χ0) is 29.6. The predicted molar refractivity (Wildman–Crippen MR) is 163 cm³/mol. The Morgan fingerprint density at radius 3 is 2.67 bits per heavy atom. The molecular weight excluding hydrogens is 546 g/mol. The average Bonchev–Trinajstić information content (AvgIpc) is 3.74. The number of amides is 1. The molecule has 0 radical (unpaired) electrons. The molecule has 43 heavy (non-hydrogen) atoms. The number of hydrogen-bond acceptors (Lipinski definition) is 8. The third-order valence-electron chi connectivity index (χ3n) is 8.37. The van der Waals surface area contributed by atoms with E-state index in [1.54, 1.807) is 18.2 Å². The minimum absolute atomic E-state index is 0.217. The van der Waals surface area contributed by atoms with E-state index in [4.69, 9.17) is 28.9 Å². The van der Waals surface area contributed by atoms with Gasteiger partial charge in [0.05, 0.1) is 43.3 Å². The van der Waals surface area contributed by atoms with Crippen molar-refractivity contribution >= 4 is 17.0 Å². The smallest absolute Gasteiger partial charge is 0.410 e. The molecule has 4 aromatic rings. The minimum atomic E-state index is -0.467. The summed E-state index contributed by atoms with van der Waals surface area (Å²) in [6.45, 7) is 6.39. The summed E-state index contributed by atoms with van der Waals surface area (Å²) in [4.78, 5) is 30.6. The molecule has 2 saturated heterocycles. The molecule has 10 heteroatoms. The number of H-pyrrole nitrogens is 1. The fraction of sp³-hybridized carbons (Fsp3) is 0.424. The number of fused-ring (bicyclic) bond motifs is 1. The monoisotopic (exact) mass is 585 g/mol. The standard InChI is InChI=1S/C33H39N5O5/c1-3-33(42-18-19-43-33)14-9-15-37-16-17-38(32(39)41-23-24-10-5-4-6-11-24)29(22-37)30-34-21-28(35-30)26-20-25-12-7-8-13-27(25)36-31(26)40-2/h4-8,10-13,20-21,29H,3,9,14-19,22-23H2,1-2H3,(H,34,35). The van der Waals surface area contributed by atoms with Crippen molar-refractivity contribution in [2.75, 3.05) is 46.5 Å². The average molecular weight is 586 g/mol. The molecule has 1 N–H and O–H groups in total. The summed E-state index contributed by atoms with van der Waals surface area (Å²) < 4.78 is 23.3. The Balaban J connectivity index is 1.22. The van der Waals surface area contributed by atoms with E-state index in [0.29, 0.717) is 38.0 Å². The van der Waals surface area contributed by atoms with E-state index in [2.05, 4.69) is 16.8 Å². The van der Waals surface area contributed by atoms with Gasteiger partial charge in [-0.15, -0.1) is 0 Å². The number of nitrogens with zero attached hydrogens (tertiary/aromatic N) is 4. The van der Waals surface area contributed by atoms with Gasteiger partial charge in [0.2, 0.25) is 5.88 Å². The number of aromatic nitrogens is 3. The van der Waals surface area contributed by atoms with Gasteiger partial charge < -0.3 is 23.9 Å². The highest BCUT2D eigenvalue weighted by molar-refractivity contribution is 5.85. The number of benzene rings is 2. The van der Waals surface area contributed by atoms with E-state index in [-0.39, 0.29) is 18.7 Å². The Morgan fingerprint density at radius 2 is 1.88 bits per heavy atom. The second-order valence-corrected chi connectivity index (χ2v) is 11.0. The van der Waals surface area contributed by atoms with Gasteiger partial charge in [-0.3, -0.25) is 9.80 Å². The first-order valence-electron chi connectivity index (χ1n) is 15.0. The van der Waals surface area contributed by atoms with E-state index in [9.17, 15) is 4.79 Å². The maximum absolute atomic E-state index is 13.4. The van der Waals surface area contributed by atoms with Crippen molar-refractivity contribution < 1.29 is 23.7 Å². The minimum Gasteiger partial charge on any atom is -0.480 e. The maximum atomic E-state index is 13.4. The Bertz CT molecular complexity index is 1520. The van der Waals surface area contributed by atoms with E-state index in [0.717, 1.165) is 60.1 Å². The van der Waals surface area contributed by atoms with Crippen LogP contribution in [0.5, 0.6) is 5.88 Å². The largest absolute Gasteiger partial charge is 0.480 e. The van der Waals surface area contributed by atoms with Crippen LogP contribution in [-0.2, 0) is 20.8 Å². The Morgan fingerprint density at radius 1 is 1.09 bits per heavy atom. The molecule has 2 aromatic heterocycles. The first-order chi connectivity index (χ1) is 21.1. The lowest BCUT2D eigenvalue weighted by molar-refractivity contribution is -0.165. The molecule has 4 heterocycles. The van der Waals surface area contributed by atoms with Gasteiger partial charge in [0.15, 0.2) is 5.79 Å². The maximum Gasteiger partial charge on any atom is 0.410 e. The lowest BCUT2D eigenvalue weighted by Crippen LogP contribution is -2.51. The Kier molecular flexibility index (Phi) is 8.87. The molecule has 1 unspecified atom stereocenters. The molecule has 2 aliphatic rings. The number of pyridine rings is 1. The van der Waals surface area contributed by atoms with Gasteiger partial charge in [-0.2, -0.15) is 0 Å². The highest BCUT2D eigenvalue weighted by atomic mass is 16.7. The molecule has 10 nitrogen and oxygen atoms in total. The normalized spacial score (nSPS) is 18.7. The summed E-state index contributed by atoms with van der Waals surface area (Å²) >= 11 is 0. The number of hydrogen-bond donors (Lipinski definition) is 1. The molecule has 2 fully saturated rings. The third-order valence-corrected chi connectivity index (χ3v) is 8.37. The lowest BCUT2D eigenvalue weighted by atomic mass is 10.1. The lowest BCUT2D eigenvalue weighted by Gasteiger charge is -2.40. The fourth-order valence-corrected chi connectivity index (χ4v) is 5.98. The molecule has 226 valence electrons. The van der Waals surface area contributed by atoms with Crippen LogP contribution in [-0.4, -0.2) is 83.1 Å². The Hall–Kier alpha value is -3.99. The number of rotatable bonds is 10. The van der Waals surface area contributed by atoms with Crippen molar-refractivity contribution in [3.63, 3.8) is 0 Å². The second-order valence-electron chi connectivity index (χ2n) is 11.0. The van der Waals surface area contributed by atoms with Gasteiger partial charge in [-0.1, -0.05) is 55.5 Å². The summed E-state index contributed by atoms with van der Waals surface area (Å²) in [6.07, 6.45) is 4.04. The number of piperazine rings is 1. The first-order valence-corrected chi connectivity index (χ1v) is 15.0. The van der Waals surface area contributed by atoms with Crippen molar-refractivity contribution in [2.45, 2.75) is 44.6 Å². The van der Waals surface area contributed by atoms with Gasteiger partial charge in [0.1, 0.15) is 18.5 Å². The summed E-state index contributed by atoms with van der Waals surface area (Å²) in [7, 11) is 1.62. The van der Waals surface area contributed by atoms with Crippen molar-refractivity contribution in [2.24, 2.45) is 0 Å². The quantitative estimate of drug-likeness (QED) is 0.258. The van der Waals surface area contributed by atoms with Gasteiger partial charge in [0.25, 0.3) is 0 Å². The zero-order valence-electron chi connectivity index (χ0n) is 24.8. The van der Waals surface area contributed by atoms with Gasteiger partial charge in [-0.25, -0.2) is 14.8 Å². The Labute approximate surface area is 251 Å². The summed E-state index contributed by atoms with van der Waals surface area (Å²) in [5.74, 6) is 0.740. The van der Waals surface area contributed by atoms with E-state index < -0.39 is 5.79 Å². The molecule has 6 rings (SSSR count). The fourth-order valence-electron chi connectivity index (χ4n) is 5.98. The van der Waals surface area contributed by atoms with Crippen LogP contribution >= 0.6 is 0 Å². The van der Waals surface area contributed by atoms with Crippen molar-refractivity contribution in [3.8, 4) is 17.1 Å². The van der Waals surface area contributed by atoms with Crippen LogP contribution < -0.4 is 4.74 Å². The number of methoxy groups -OCH3 is 1. The number of para-hydroxylation sites is 1. The highest BCUT2D eigenvalue weighted by Crippen LogP contribution is 2.33. The number of nitrogens with one attached hydrogen (secondary N) is 1. The van der Waals surface area contributed by atoms with E-state index >= 15 is 0 Å². The third kappa shape index (κ3) is 6.51. The summed E-state index contributed by atoms with van der Waals surface area (Å²) in [6, 6.07) is 19.4.